The molecule has 6 nitrogen and oxygen atoms in total. The van der Waals surface area contributed by atoms with E-state index in [4.69, 9.17) is 4.74 Å². The van der Waals surface area contributed by atoms with Crippen LogP contribution >= 0.6 is 11.3 Å². The SMILES string of the molecule is COc1sccc1-n1nn[nH]c1=O. The second-order valence-corrected chi connectivity index (χ2v) is 3.09. The van der Waals surface area contributed by atoms with Crippen LogP contribution in [0.15, 0.2) is 16.2 Å². The van der Waals surface area contributed by atoms with Crippen molar-refractivity contribution in [3.05, 3.63) is 21.9 Å². The van der Waals surface area contributed by atoms with Crippen LogP contribution in [-0.4, -0.2) is 27.3 Å². The van der Waals surface area contributed by atoms with Gasteiger partial charge in [0.1, 0.15) is 5.69 Å². The van der Waals surface area contributed by atoms with Crippen LogP contribution in [0.2, 0.25) is 0 Å². The highest BCUT2D eigenvalue weighted by atomic mass is 32.1. The van der Waals surface area contributed by atoms with Gasteiger partial charge in [-0.25, -0.2) is 9.89 Å². The fourth-order valence-electron chi connectivity index (χ4n) is 0.954. The zero-order chi connectivity index (χ0) is 9.26. The van der Waals surface area contributed by atoms with Crippen molar-refractivity contribution in [2.24, 2.45) is 0 Å². The normalized spacial score (nSPS) is 10.2. The first-order valence-electron chi connectivity index (χ1n) is 3.45. The van der Waals surface area contributed by atoms with Crippen molar-refractivity contribution in [1.29, 1.82) is 0 Å². The standard InChI is InChI=1S/C6H6N4O2S/c1-12-5-4(2-3-13-5)10-6(11)7-8-9-10/h2-3H,1H3,(H,7,9,11). The summed E-state index contributed by atoms with van der Waals surface area (Å²) in [6.45, 7) is 0. The Labute approximate surface area is 76.8 Å². The Kier molecular flexibility index (Phi) is 1.85. The summed E-state index contributed by atoms with van der Waals surface area (Å²) in [5, 5.41) is 11.6. The van der Waals surface area contributed by atoms with Gasteiger partial charge in [0.25, 0.3) is 0 Å². The number of ether oxygens (including phenoxy) is 1. The number of nitrogens with zero attached hydrogens (tertiary/aromatic N) is 3. The number of nitrogens with one attached hydrogen (secondary N) is 1. The molecule has 2 aromatic rings. The minimum absolute atomic E-state index is 0.378. The highest BCUT2D eigenvalue weighted by Gasteiger charge is 2.09. The van der Waals surface area contributed by atoms with Crippen LogP contribution in [-0.2, 0) is 0 Å². The maximum Gasteiger partial charge on any atom is 0.366 e. The molecule has 0 aliphatic rings. The molecule has 0 spiro atoms. The fourth-order valence-corrected chi connectivity index (χ4v) is 1.65. The lowest BCUT2D eigenvalue weighted by molar-refractivity contribution is 0.423. The summed E-state index contributed by atoms with van der Waals surface area (Å²) in [5.41, 5.74) is 0.225. The quantitative estimate of drug-likeness (QED) is 0.738. The van der Waals surface area contributed by atoms with Crippen molar-refractivity contribution >= 4 is 11.3 Å². The van der Waals surface area contributed by atoms with E-state index in [2.05, 4.69) is 15.5 Å². The van der Waals surface area contributed by atoms with Gasteiger partial charge in [-0.15, -0.1) is 11.3 Å². The number of hydrogen-bond donors (Lipinski definition) is 1. The molecule has 0 amide bonds. The van der Waals surface area contributed by atoms with Gasteiger partial charge in [0.15, 0.2) is 5.06 Å². The molecule has 0 bridgehead atoms. The summed E-state index contributed by atoms with van der Waals surface area (Å²) in [6, 6.07) is 1.74. The van der Waals surface area contributed by atoms with E-state index in [1.165, 1.54) is 11.3 Å². The Morgan fingerprint density at radius 2 is 2.54 bits per heavy atom. The number of methoxy groups -OCH3 is 1. The van der Waals surface area contributed by atoms with Crippen LogP contribution in [0.1, 0.15) is 0 Å². The van der Waals surface area contributed by atoms with Gasteiger partial charge in [0.2, 0.25) is 0 Å². The number of hydrogen-bond acceptors (Lipinski definition) is 5. The number of tetrazole rings is 1. The second kappa shape index (κ2) is 3.02. The third-order valence-electron chi connectivity index (χ3n) is 1.50. The lowest BCUT2D eigenvalue weighted by Gasteiger charge is -1.97. The number of rotatable bonds is 2. The summed E-state index contributed by atoms with van der Waals surface area (Å²) in [6.07, 6.45) is 0. The van der Waals surface area contributed by atoms with Crippen LogP contribution in [0.25, 0.3) is 5.69 Å². The van der Waals surface area contributed by atoms with Crippen LogP contribution in [0.3, 0.4) is 0 Å². The third kappa shape index (κ3) is 1.22. The molecule has 0 aliphatic heterocycles. The molecule has 0 saturated carbocycles. The number of aromatic amines is 1. The van der Waals surface area contributed by atoms with E-state index in [9.17, 15) is 4.79 Å². The maximum absolute atomic E-state index is 11.1. The molecular weight excluding hydrogens is 192 g/mol. The van der Waals surface area contributed by atoms with Gasteiger partial charge >= 0.3 is 5.69 Å². The van der Waals surface area contributed by atoms with Crippen LogP contribution < -0.4 is 10.4 Å². The third-order valence-corrected chi connectivity index (χ3v) is 2.36. The Balaban J connectivity index is 2.58. The molecule has 2 rings (SSSR count). The Morgan fingerprint density at radius 3 is 3.15 bits per heavy atom. The zero-order valence-electron chi connectivity index (χ0n) is 6.72. The highest BCUT2D eigenvalue weighted by Crippen LogP contribution is 2.27. The average molecular weight is 198 g/mol. The van der Waals surface area contributed by atoms with Crippen molar-refractivity contribution in [3.8, 4) is 10.8 Å². The van der Waals surface area contributed by atoms with Crippen LogP contribution in [0.4, 0.5) is 0 Å². The molecule has 68 valence electrons. The Hall–Kier alpha value is -1.63. The van der Waals surface area contributed by atoms with Gasteiger partial charge in [-0.1, -0.05) is 0 Å². The number of aromatic nitrogens is 4. The van der Waals surface area contributed by atoms with E-state index in [0.717, 1.165) is 4.68 Å². The van der Waals surface area contributed by atoms with E-state index >= 15 is 0 Å². The molecule has 0 aliphatic carbocycles. The van der Waals surface area contributed by atoms with Crippen molar-refractivity contribution in [3.63, 3.8) is 0 Å². The van der Waals surface area contributed by atoms with Gasteiger partial charge in [-0.3, -0.25) is 0 Å². The summed E-state index contributed by atoms with van der Waals surface area (Å²) >= 11 is 1.39. The van der Waals surface area contributed by atoms with E-state index in [-0.39, 0.29) is 5.69 Å². The first kappa shape index (κ1) is 7.99. The minimum Gasteiger partial charge on any atom is -0.486 e. The second-order valence-electron chi connectivity index (χ2n) is 2.22. The molecule has 0 fully saturated rings. The topological polar surface area (TPSA) is 72.8 Å². The smallest absolute Gasteiger partial charge is 0.366 e. The minimum atomic E-state index is -0.378. The van der Waals surface area contributed by atoms with Gasteiger partial charge in [0, 0.05) is 0 Å². The van der Waals surface area contributed by atoms with E-state index in [1.54, 1.807) is 13.2 Å². The molecule has 2 heterocycles. The van der Waals surface area contributed by atoms with Crippen molar-refractivity contribution in [1.82, 2.24) is 20.2 Å². The first-order valence-corrected chi connectivity index (χ1v) is 4.33. The predicted octanol–water partition coefficient (Wildman–Crippen LogP) is 0.0257. The maximum atomic E-state index is 11.1. The molecule has 0 radical (unpaired) electrons. The molecule has 1 N–H and O–H groups in total. The van der Waals surface area contributed by atoms with Crippen molar-refractivity contribution in [2.75, 3.05) is 7.11 Å². The predicted molar refractivity (Wildman–Crippen MR) is 46.4 cm³/mol. The van der Waals surface area contributed by atoms with Crippen LogP contribution in [0, 0.1) is 0 Å². The molecule has 0 atom stereocenters. The van der Waals surface area contributed by atoms with E-state index in [1.807, 2.05) is 5.38 Å². The highest BCUT2D eigenvalue weighted by molar-refractivity contribution is 7.12. The number of H-pyrrole nitrogens is 1. The molecule has 0 saturated heterocycles. The summed E-state index contributed by atoms with van der Waals surface area (Å²) in [7, 11) is 1.54. The van der Waals surface area contributed by atoms with E-state index < -0.39 is 0 Å². The fraction of sp³-hybridized carbons (Fsp3) is 0.167. The monoisotopic (exact) mass is 198 g/mol. The van der Waals surface area contributed by atoms with Crippen molar-refractivity contribution in [2.45, 2.75) is 0 Å². The molecule has 7 heteroatoms. The molecule has 0 unspecified atom stereocenters. The largest absolute Gasteiger partial charge is 0.486 e. The lowest BCUT2D eigenvalue weighted by atomic mass is 10.5. The van der Waals surface area contributed by atoms with Crippen molar-refractivity contribution < 1.29 is 4.74 Å². The number of thiophene rings is 1. The molecule has 2 aromatic heterocycles. The summed E-state index contributed by atoms with van der Waals surface area (Å²) in [4.78, 5) is 11.1. The van der Waals surface area contributed by atoms with E-state index in [0.29, 0.717) is 10.8 Å². The molecule has 13 heavy (non-hydrogen) atoms. The molecule has 0 aromatic carbocycles. The first-order chi connectivity index (χ1) is 6.33. The average Bonchev–Trinajstić information content (AvgIpc) is 2.71. The Bertz CT molecular complexity index is 457. The van der Waals surface area contributed by atoms with Gasteiger partial charge < -0.3 is 4.74 Å². The summed E-state index contributed by atoms with van der Waals surface area (Å²) < 4.78 is 6.19. The van der Waals surface area contributed by atoms with Gasteiger partial charge in [-0.05, 0) is 21.9 Å². The van der Waals surface area contributed by atoms with Gasteiger partial charge in [-0.2, -0.15) is 4.68 Å². The summed E-state index contributed by atoms with van der Waals surface area (Å²) in [5.74, 6) is 0. The molecular formula is C6H6N4O2S. The van der Waals surface area contributed by atoms with Gasteiger partial charge in [0.05, 0.1) is 7.11 Å². The Morgan fingerprint density at radius 1 is 1.69 bits per heavy atom. The zero-order valence-corrected chi connectivity index (χ0v) is 7.54. The lowest BCUT2D eigenvalue weighted by Crippen LogP contribution is -2.15. The van der Waals surface area contributed by atoms with Crippen LogP contribution in [0.5, 0.6) is 5.06 Å².